The van der Waals surface area contributed by atoms with E-state index in [1.807, 2.05) is 19.1 Å². The Morgan fingerprint density at radius 3 is 2.95 bits per heavy atom. The van der Waals surface area contributed by atoms with Crippen LogP contribution in [0.25, 0.3) is 10.9 Å². The zero-order chi connectivity index (χ0) is 16.3. The summed E-state index contributed by atoms with van der Waals surface area (Å²) in [4.78, 5) is 18.1. The van der Waals surface area contributed by atoms with E-state index < -0.39 is 6.10 Å². The predicted octanol–water partition coefficient (Wildman–Crippen LogP) is 3.43. The van der Waals surface area contributed by atoms with Gasteiger partial charge < -0.3 is 15.3 Å². The fraction of sp³-hybridized carbons (Fsp3) is 0.375. The maximum absolute atomic E-state index is 12.3. The number of nitrogens with zero attached hydrogens (tertiary/aromatic N) is 2. The molecule has 2 aromatic rings. The number of pyridine rings is 1. The molecule has 1 aromatic carbocycles. The van der Waals surface area contributed by atoms with E-state index in [9.17, 15) is 9.90 Å². The summed E-state index contributed by atoms with van der Waals surface area (Å²) in [5.74, 6) is 0. The Bertz CT molecular complexity index is 688. The molecule has 2 amide bonds. The Kier molecular flexibility index (Phi) is 5.21. The minimum absolute atomic E-state index is 0.267. The third kappa shape index (κ3) is 3.67. The highest BCUT2D eigenvalue weighted by Crippen LogP contribution is 2.32. The van der Waals surface area contributed by atoms with E-state index in [1.54, 1.807) is 26.2 Å². The van der Waals surface area contributed by atoms with Crippen LogP contribution in [0.2, 0.25) is 5.02 Å². The normalized spacial score (nSPS) is 12.2. The molecule has 0 aliphatic carbocycles. The first-order chi connectivity index (χ1) is 10.4. The van der Waals surface area contributed by atoms with Crippen molar-refractivity contribution in [1.82, 2.24) is 9.88 Å². The van der Waals surface area contributed by atoms with Crippen LogP contribution >= 0.6 is 11.6 Å². The van der Waals surface area contributed by atoms with Gasteiger partial charge in [0, 0.05) is 25.2 Å². The number of benzene rings is 1. The molecule has 0 spiro atoms. The van der Waals surface area contributed by atoms with Crippen molar-refractivity contribution in [2.75, 3.05) is 18.9 Å². The number of aromatic nitrogens is 1. The van der Waals surface area contributed by atoms with E-state index >= 15 is 0 Å². The molecule has 1 heterocycles. The summed E-state index contributed by atoms with van der Waals surface area (Å²) in [6.45, 7) is 4.09. The number of nitrogens with one attached hydrogen (secondary N) is 1. The number of aliphatic hydroxyl groups excluding tert-OH is 1. The van der Waals surface area contributed by atoms with E-state index in [2.05, 4.69) is 10.3 Å². The SMILES string of the molecule is Cc1cc(Cl)c(NC(=O)N(C)CC[C@@H](C)O)c2cccnc12. The number of hydrogen-bond donors (Lipinski definition) is 2. The molecule has 0 aliphatic heterocycles. The molecule has 0 aliphatic rings. The first-order valence-electron chi connectivity index (χ1n) is 7.14. The number of hydrogen-bond acceptors (Lipinski definition) is 3. The van der Waals surface area contributed by atoms with Crippen LogP contribution in [0.5, 0.6) is 0 Å². The summed E-state index contributed by atoms with van der Waals surface area (Å²) >= 11 is 6.28. The van der Waals surface area contributed by atoms with Gasteiger partial charge in [-0.1, -0.05) is 11.6 Å². The molecule has 0 saturated heterocycles. The fourth-order valence-electron chi connectivity index (χ4n) is 2.19. The van der Waals surface area contributed by atoms with Gasteiger partial charge in [-0.15, -0.1) is 0 Å². The van der Waals surface area contributed by atoms with Crippen molar-refractivity contribution in [3.63, 3.8) is 0 Å². The van der Waals surface area contributed by atoms with E-state index in [0.29, 0.717) is 23.7 Å². The molecular formula is C16H20ClN3O2. The molecule has 22 heavy (non-hydrogen) atoms. The molecule has 6 heteroatoms. The van der Waals surface area contributed by atoms with Gasteiger partial charge >= 0.3 is 6.03 Å². The highest BCUT2D eigenvalue weighted by Gasteiger charge is 2.15. The molecule has 1 aromatic heterocycles. The maximum atomic E-state index is 12.3. The van der Waals surface area contributed by atoms with Crippen LogP contribution in [0.3, 0.4) is 0 Å². The van der Waals surface area contributed by atoms with Gasteiger partial charge in [-0.25, -0.2) is 4.79 Å². The standard InChI is InChI=1S/C16H20ClN3O2/c1-10-9-13(17)15(12-5-4-7-18-14(10)12)19-16(22)20(3)8-6-11(2)21/h4-5,7,9,11,21H,6,8H2,1-3H3,(H,19,22)/t11-/m1/s1. The molecule has 0 saturated carbocycles. The van der Waals surface area contributed by atoms with Crippen LogP contribution in [0.4, 0.5) is 10.5 Å². The topological polar surface area (TPSA) is 65.5 Å². The molecule has 0 fully saturated rings. The van der Waals surface area contributed by atoms with Crippen molar-refractivity contribution in [2.24, 2.45) is 0 Å². The monoisotopic (exact) mass is 321 g/mol. The molecule has 1 atom stereocenters. The van der Waals surface area contributed by atoms with E-state index in [4.69, 9.17) is 11.6 Å². The molecule has 0 radical (unpaired) electrons. The second-order valence-corrected chi connectivity index (χ2v) is 5.85. The molecule has 118 valence electrons. The number of aliphatic hydroxyl groups is 1. The van der Waals surface area contributed by atoms with E-state index in [-0.39, 0.29) is 6.03 Å². The van der Waals surface area contributed by atoms with Gasteiger partial charge in [0.15, 0.2) is 0 Å². The largest absolute Gasteiger partial charge is 0.393 e. The summed E-state index contributed by atoms with van der Waals surface area (Å²) in [6.07, 6.45) is 1.79. The number of fused-ring (bicyclic) bond motifs is 1. The van der Waals surface area contributed by atoms with Crippen molar-refractivity contribution in [1.29, 1.82) is 0 Å². The first-order valence-corrected chi connectivity index (χ1v) is 7.52. The van der Waals surface area contributed by atoms with Crippen molar-refractivity contribution >= 4 is 34.2 Å². The molecule has 0 unspecified atom stereocenters. The van der Waals surface area contributed by atoms with Gasteiger partial charge in [-0.2, -0.15) is 0 Å². The smallest absolute Gasteiger partial charge is 0.321 e. The van der Waals surface area contributed by atoms with Crippen LogP contribution in [0.1, 0.15) is 18.9 Å². The van der Waals surface area contributed by atoms with Gasteiger partial charge in [0.05, 0.1) is 22.3 Å². The zero-order valence-corrected chi connectivity index (χ0v) is 13.7. The second-order valence-electron chi connectivity index (χ2n) is 5.44. The van der Waals surface area contributed by atoms with Gasteiger partial charge in [0.25, 0.3) is 0 Å². The number of rotatable bonds is 4. The molecule has 0 bridgehead atoms. The first kappa shape index (κ1) is 16.5. The third-order valence-electron chi connectivity index (χ3n) is 3.49. The van der Waals surface area contributed by atoms with Gasteiger partial charge in [-0.05, 0) is 44.0 Å². The van der Waals surface area contributed by atoms with Crippen LogP contribution in [-0.4, -0.2) is 40.7 Å². The highest BCUT2D eigenvalue weighted by atomic mass is 35.5. The quantitative estimate of drug-likeness (QED) is 0.906. The number of urea groups is 1. The molecule has 2 rings (SSSR count). The lowest BCUT2D eigenvalue weighted by atomic mass is 10.1. The number of anilines is 1. The van der Waals surface area contributed by atoms with Gasteiger partial charge in [0.2, 0.25) is 0 Å². The summed E-state index contributed by atoms with van der Waals surface area (Å²) in [7, 11) is 1.68. The van der Waals surface area contributed by atoms with Crippen molar-refractivity contribution in [3.8, 4) is 0 Å². The van der Waals surface area contributed by atoms with Crippen molar-refractivity contribution in [2.45, 2.75) is 26.4 Å². The number of carbonyl (C=O) groups is 1. The number of aryl methyl sites for hydroxylation is 1. The predicted molar refractivity (Wildman–Crippen MR) is 89.4 cm³/mol. The van der Waals surface area contributed by atoms with Crippen LogP contribution in [0, 0.1) is 6.92 Å². The molecular weight excluding hydrogens is 302 g/mol. The lowest BCUT2D eigenvalue weighted by molar-refractivity contribution is 0.167. The number of carbonyl (C=O) groups excluding carboxylic acids is 1. The van der Waals surface area contributed by atoms with Crippen molar-refractivity contribution < 1.29 is 9.90 Å². The maximum Gasteiger partial charge on any atom is 0.321 e. The van der Waals surface area contributed by atoms with Crippen LogP contribution in [-0.2, 0) is 0 Å². The lowest BCUT2D eigenvalue weighted by Gasteiger charge is -2.20. The summed E-state index contributed by atoms with van der Waals surface area (Å²) in [5, 5.41) is 13.4. The van der Waals surface area contributed by atoms with E-state index in [0.717, 1.165) is 16.5 Å². The van der Waals surface area contributed by atoms with Crippen LogP contribution < -0.4 is 5.32 Å². The number of amides is 2. The number of halogens is 1. The highest BCUT2D eigenvalue weighted by molar-refractivity contribution is 6.35. The fourth-order valence-corrected chi connectivity index (χ4v) is 2.50. The van der Waals surface area contributed by atoms with Crippen LogP contribution in [0.15, 0.2) is 24.4 Å². The lowest BCUT2D eigenvalue weighted by Crippen LogP contribution is -2.33. The summed E-state index contributed by atoms with van der Waals surface area (Å²) < 4.78 is 0. The Hall–Kier alpha value is -1.85. The minimum atomic E-state index is -0.441. The molecule has 5 nitrogen and oxygen atoms in total. The Labute approximate surface area is 134 Å². The Morgan fingerprint density at radius 1 is 1.55 bits per heavy atom. The van der Waals surface area contributed by atoms with E-state index in [1.165, 1.54) is 4.90 Å². The van der Waals surface area contributed by atoms with Gasteiger partial charge in [0.1, 0.15) is 0 Å². The molecule has 2 N–H and O–H groups in total. The third-order valence-corrected chi connectivity index (χ3v) is 3.79. The Balaban J connectivity index is 2.26. The zero-order valence-electron chi connectivity index (χ0n) is 12.9. The minimum Gasteiger partial charge on any atom is -0.393 e. The van der Waals surface area contributed by atoms with Crippen molar-refractivity contribution in [3.05, 3.63) is 35.0 Å². The average Bonchev–Trinajstić information content (AvgIpc) is 2.48. The Morgan fingerprint density at radius 2 is 2.27 bits per heavy atom. The average molecular weight is 322 g/mol. The van der Waals surface area contributed by atoms with Gasteiger partial charge in [-0.3, -0.25) is 4.98 Å². The summed E-state index contributed by atoms with van der Waals surface area (Å²) in [5.41, 5.74) is 2.33. The summed E-state index contributed by atoms with van der Waals surface area (Å²) in [6, 6.07) is 5.22. The second kappa shape index (κ2) is 6.94.